The van der Waals surface area contributed by atoms with Crippen LogP contribution >= 0.6 is 34.5 Å². The number of benzene rings is 1. The molecule has 0 saturated carbocycles. The van der Waals surface area contributed by atoms with Crippen molar-refractivity contribution in [3.8, 4) is 0 Å². The molecule has 0 radical (unpaired) electrons. The minimum absolute atomic E-state index is 0.0140. The minimum atomic E-state index is -3.83. The first-order valence-electron chi connectivity index (χ1n) is 9.07. The molecule has 1 atom stereocenters. The third-order valence-corrected chi connectivity index (χ3v) is 8.19. The second-order valence-corrected chi connectivity index (χ2v) is 10.5. The fourth-order valence-corrected chi connectivity index (χ4v) is 5.90. The summed E-state index contributed by atoms with van der Waals surface area (Å²) >= 11 is 13.7. The zero-order chi connectivity index (χ0) is 21.3. The Kier molecular flexibility index (Phi) is 6.29. The fourth-order valence-electron chi connectivity index (χ4n) is 3.07. The molecule has 0 amide bonds. The maximum atomic E-state index is 13.1. The van der Waals surface area contributed by atoms with Crippen molar-refractivity contribution in [2.45, 2.75) is 17.9 Å². The number of nitrogens with zero attached hydrogens (tertiary/aromatic N) is 3. The molecule has 0 spiro atoms. The molecule has 158 valence electrons. The van der Waals surface area contributed by atoms with Crippen LogP contribution in [0.3, 0.4) is 0 Å². The highest BCUT2D eigenvalue weighted by Crippen LogP contribution is 2.33. The maximum Gasteiger partial charge on any atom is 0.244 e. The number of aromatic nitrogens is 2. The van der Waals surface area contributed by atoms with E-state index in [9.17, 15) is 8.42 Å². The number of nitrogens with one attached hydrogen (secondary N) is 1. The van der Waals surface area contributed by atoms with Crippen LogP contribution in [0.5, 0.6) is 0 Å². The van der Waals surface area contributed by atoms with Gasteiger partial charge in [0.2, 0.25) is 10.0 Å². The van der Waals surface area contributed by atoms with E-state index in [-0.39, 0.29) is 34.6 Å². The number of sulfonamides is 1. The monoisotopic (exact) mass is 484 g/mol. The number of ether oxygens (including phenoxy) is 1. The predicted octanol–water partition coefficient (Wildman–Crippen LogP) is 4.66. The van der Waals surface area contributed by atoms with Crippen LogP contribution in [0.2, 0.25) is 10.0 Å². The average molecular weight is 485 g/mol. The first-order valence-corrected chi connectivity index (χ1v) is 12.1. The van der Waals surface area contributed by atoms with Gasteiger partial charge in [0.05, 0.1) is 22.3 Å². The molecule has 3 heterocycles. The van der Waals surface area contributed by atoms with Crippen molar-refractivity contribution in [3.63, 3.8) is 0 Å². The van der Waals surface area contributed by atoms with Crippen LogP contribution in [-0.4, -0.2) is 42.4 Å². The molecule has 1 aliphatic heterocycles. The molecule has 0 aliphatic carbocycles. The third-order valence-electron chi connectivity index (χ3n) is 4.52. The van der Waals surface area contributed by atoms with Gasteiger partial charge in [0.15, 0.2) is 5.13 Å². The maximum absolute atomic E-state index is 13.1. The van der Waals surface area contributed by atoms with Crippen molar-refractivity contribution in [2.75, 3.05) is 25.0 Å². The van der Waals surface area contributed by atoms with Crippen molar-refractivity contribution < 1.29 is 13.2 Å². The Labute approximate surface area is 188 Å². The number of halogens is 2. The number of aryl methyl sites for hydroxylation is 1. The van der Waals surface area contributed by atoms with Gasteiger partial charge in [0, 0.05) is 24.2 Å². The van der Waals surface area contributed by atoms with Gasteiger partial charge in [0.1, 0.15) is 16.8 Å². The first-order chi connectivity index (χ1) is 14.3. The van der Waals surface area contributed by atoms with E-state index in [0.29, 0.717) is 11.5 Å². The van der Waals surface area contributed by atoms with Crippen LogP contribution in [0.1, 0.15) is 16.7 Å². The highest BCUT2D eigenvalue weighted by atomic mass is 35.5. The molecule has 1 aromatic carbocycles. The van der Waals surface area contributed by atoms with E-state index in [1.165, 1.54) is 21.7 Å². The van der Waals surface area contributed by atoms with Crippen molar-refractivity contribution in [3.05, 3.63) is 63.2 Å². The fraction of sp³-hybridized carbons (Fsp3) is 0.263. The molecule has 11 heteroatoms. The van der Waals surface area contributed by atoms with E-state index < -0.39 is 16.1 Å². The minimum Gasteiger partial charge on any atom is -0.369 e. The largest absolute Gasteiger partial charge is 0.369 e. The van der Waals surface area contributed by atoms with E-state index in [0.717, 1.165) is 10.0 Å². The zero-order valence-corrected chi connectivity index (χ0v) is 19.0. The number of anilines is 2. The lowest BCUT2D eigenvalue weighted by molar-refractivity contribution is -0.00485. The predicted molar refractivity (Wildman–Crippen MR) is 118 cm³/mol. The van der Waals surface area contributed by atoms with Gasteiger partial charge < -0.3 is 10.1 Å². The van der Waals surface area contributed by atoms with Crippen molar-refractivity contribution in [2.24, 2.45) is 0 Å². The van der Waals surface area contributed by atoms with Crippen molar-refractivity contribution in [1.82, 2.24) is 14.3 Å². The van der Waals surface area contributed by atoms with Gasteiger partial charge in [-0.25, -0.2) is 18.4 Å². The first kappa shape index (κ1) is 21.5. The SMILES string of the molecule is Cc1cnc(Nc2cccc(C3CN(S(=O)(=O)c4cccc(Cl)c4Cl)CCO3)n2)s1. The third kappa shape index (κ3) is 4.46. The summed E-state index contributed by atoms with van der Waals surface area (Å²) in [4.78, 5) is 9.93. The topological polar surface area (TPSA) is 84.4 Å². The lowest BCUT2D eigenvalue weighted by Crippen LogP contribution is -2.42. The highest BCUT2D eigenvalue weighted by Gasteiger charge is 2.33. The summed E-state index contributed by atoms with van der Waals surface area (Å²) in [5.74, 6) is 0.614. The number of hydrogen-bond donors (Lipinski definition) is 1. The molecule has 2 aromatic heterocycles. The Hall–Kier alpha value is -1.75. The molecule has 1 saturated heterocycles. The Balaban J connectivity index is 1.55. The number of pyridine rings is 1. The lowest BCUT2D eigenvalue weighted by atomic mass is 10.2. The van der Waals surface area contributed by atoms with Crippen LogP contribution in [-0.2, 0) is 14.8 Å². The molecule has 30 heavy (non-hydrogen) atoms. The molecule has 7 nitrogen and oxygen atoms in total. The summed E-state index contributed by atoms with van der Waals surface area (Å²) in [7, 11) is -3.83. The smallest absolute Gasteiger partial charge is 0.244 e. The van der Waals surface area contributed by atoms with Gasteiger partial charge >= 0.3 is 0 Å². The van der Waals surface area contributed by atoms with Crippen LogP contribution in [0.4, 0.5) is 10.9 Å². The van der Waals surface area contributed by atoms with E-state index in [1.807, 2.05) is 25.1 Å². The number of hydrogen-bond acceptors (Lipinski definition) is 7. The van der Waals surface area contributed by atoms with Gasteiger partial charge in [-0.2, -0.15) is 4.31 Å². The van der Waals surface area contributed by atoms with Crippen LogP contribution < -0.4 is 5.32 Å². The average Bonchev–Trinajstić information content (AvgIpc) is 3.14. The second kappa shape index (κ2) is 8.78. The summed E-state index contributed by atoms with van der Waals surface area (Å²) in [6.07, 6.45) is 1.27. The summed E-state index contributed by atoms with van der Waals surface area (Å²) in [6, 6.07) is 10.0. The normalized spacial score (nSPS) is 17.8. The van der Waals surface area contributed by atoms with E-state index in [1.54, 1.807) is 18.3 Å². The van der Waals surface area contributed by atoms with Crippen LogP contribution in [0, 0.1) is 6.92 Å². The van der Waals surface area contributed by atoms with Crippen LogP contribution in [0.15, 0.2) is 47.5 Å². The molecule has 4 rings (SSSR count). The highest BCUT2D eigenvalue weighted by molar-refractivity contribution is 7.89. The summed E-state index contributed by atoms with van der Waals surface area (Å²) in [5, 5.41) is 4.11. The molecule has 1 unspecified atom stereocenters. The second-order valence-electron chi connectivity index (χ2n) is 6.62. The Morgan fingerprint density at radius 3 is 2.80 bits per heavy atom. The molecular weight excluding hydrogens is 467 g/mol. The van der Waals surface area contributed by atoms with Gasteiger partial charge in [-0.3, -0.25) is 0 Å². The number of morpholine rings is 1. The summed E-state index contributed by atoms with van der Waals surface area (Å²) in [5.41, 5.74) is 0.630. The lowest BCUT2D eigenvalue weighted by Gasteiger charge is -2.32. The summed E-state index contributed by atoms with van der Waals surface area (Å²) in [6.45, 7) is 2.56. The molecule has 3 aromatic rings. The Morgan fingerprint density at radius 1 is 1.23 bits per heavy atom. The van der Waals surface area contributed by atoms with Gasteiger partial charge in [-0.05, 0) is 31.2 Å². The zero-order valence-electron chi connectivity index (χ0n) is 15.9. The van der Waals surface area contributed by atoms with Gasteiger partial charge in [-0.1, -0.05) is 35.3 Å². The number of thiazole rings is 1. The molecular formula is C19H18Cl2N4O3S2. The van der Waals surface area contributed by atoms with Crippen LogP contribution in [0.25, 0.3) is 0 Å². The standard InChI is InChI=1S/C19H18Cl2N4O3S2/c1-12-10-22-19(29-12)24-17-7-3-5-14(23-17)15-11-25(8-9-28-15)30(26,27)16-6-2-4-13(20)18(16)21/h2-7,10,15H,8-9,11H2,1H3,(H,22,23,24). The van der Waals surface area contributed by atoms with E-state index in [2.05, 4.69) is 15.3 Å². The van der Waals surface area contributed by atoms with E-state index >= 15 is 0 Å². The van der Waals surface area contributed by atoms with Gasteiger partial charge in [0.25, 0.3) is 0 Å². The van der Waals surface area contributed by atoms with Crippen molar-refractivity contribution >= 4 is 55.5 Å². The molecule has 0 bridgehead atoms. The Bertz CT molecular complexity index is 1170. The quantitative estimate of drug-likeness (QED) is 0.566. The van der Waals surface area contributed by atoms with E-state index in [4.69, 9.17) is 27.9 Å². The van der Waals surface area contributed by atoms with Gasteiger partial charge in [-0.15, -0.1) is 11.3 Å². The molecule has 1 N–H and O–H groups in total. The number of rotatable bonds is 5. The molecule has 1 aliphatic rings. The summed E-state index contributed by atoms with van der Waals surface area (Å²) < 4.78 is 33.4. The molecule has 1 fully saturated rings. The Morgan fingerprint density at radius 2 is 2.03 bits per heavy atom. The van der Waals surface area contributed by atoms with Crippen molar-refractivity contribution in [1.29, 1.82) is 0 Å².